The van der Waals surface area contributed by atoms with Crippen LogP contribution in [0.15, 0.2) is 36.5 Å². The van der Waals surface area contributed by atoms with Gasteiger partial charge in [0.1, 0.15) is 5.69 Å². The van der Waals surface area contributed by atoms with Crippen molar-refractivity contribution >= 4 is 34.6 Å². The number of ether oxygens (including phenoxy) is 1. The molecule has 0 spiro atoms. The number of methoxy groups -OCH3 is 1. The lowest BCUT2D eigenvalue weighted by atomic mass is 10.1. The van der Waals surface area contributed by atoms with Gasteiger partial charge < -0.3 is 15.5 Å². The predicted molar refractivity (Wildman–Crippen MR) is 87.1 cm³/mol. The van der Waals surface area contributed by atoms with Gasteiger partial charge in [0.2, 0.25) is 5.88 Å². The van der Waals surface area contributed by atoms with E-state index < -0.39 is 0 Å². The molecule has 2 aromatic rings. The molecular formula is C15H15Cl2N3O. The number of pyridine rings is 1. The maximum absolute atomic E-state index is 7.94. The number of halogens is 2. The number of nitrogens with zero attached hydrogens (tertiary/aromatic N) is 1. The van der Waals surface area contributed by atoms with Crippen molar-refractivity contribution in [3.63, 3.8) is 0 Å². The van der Waals surface area contributed by atoms with Crippen molar-refractivity contribution in [2.24, 2.45) is 0 Å². The molecule has 0 amide bonds. The number of hydrogen-bond donors (Lipinski definition) is 2. The average molecular weight is 324 g/mol. The van der Waals surface area contributed by atoms with Gasteiger partial charge in [-0.3, -0.25) is 0 Å². The number of nitrogens with one attached hydrogen (secondary N) is 2. The molecular weight excluding hydrogens is 309 g/mol. The van der Waals surface area contributed by atoms with Gasteiger partial charge in [-0.15, -0.1) is 11.6 Å². The number of aromatic nitrogens is 1. The van der Waals surface area contributed by atoms with Crippen LogP contribution in [0, 0.1) is 5.41 Å². The highest BCUT2D eigenvalue weighted by atomic mass is 35.5. The van der Waals surface area contributed by atoms with E-state index in [1.54, 1.807) is 12.3 Å². The third-order valence-corrected chi connectivity index (χ3v) is 3.62. The summed E-state index contributed by atoms with van der Waals surface area (Å²) in [6, 6.07) is 9.31. The third kappa shape index (κ3) is 3.65. The van der Waals surface area contributed by atoms with Crippen molar-refractivity contribution < 1.29 is 4.74 Å². The minimum Gasteiger partial charge on any atom is -0.480 e. The molecule has 0 aliphatic heterocycles. The van der Waals surface area contributed by atoms with E-state index in [1.165, 1.54) is 7.11 Å². The quantitative estimate of drug-likeness (QED) is 0.624. The number of rotatable bonds is 6. The van der Waals surface area contributed by atoms with E-state index in [-0.39, 0.29) is 5.88 Å². The molecule has 0 atom stereocenters. The molecule has 1 aromatic carbocycles. The zero-order valence-electron chi connectivity index (χ0n) is 11.5. The van der Waals surface area contributed by atoms with Gasteiger partial charge in [-0.25, -0.2) is 4.98 Å². The van der Waals surface area contributed by atoms with Crippen LogP contribution < -0.4 is 10.1 Å². The lowest BCUT2D eigenvalue weighted by Crippen LogP contribution is -2.10. The summed E-state index contributed by atoms with van der Waals surface area (Å²) in [4.78, 5) is 4.15. The predicted octanol–water partition coefficient (Wildman–Crippen LogP) is 3.96. The van der Waals surface area contributed by atoms with Gasteiger partial charge in [0.25, 0.3) is 0 Å². The van der Waals surface area contributed by atoms with Gasteiger partial charge in [0.15, 0.2) is 0 Å². The molecule has 1 heterocycles. The molecule has 0 aliphatic carbocycles. The Labute approximate surface area is 133 Å². The molecule has 0 fully saturated rings. The summed E-state index contributed by atoms with van der Waals surface area (Å²) in [6.45, 7) is 0.504. The minimum atomic E-state index is 0.119. The molecule has 2 rings (SSSR count). The van der Waals surface area contributed by atoms with Crippen LogP contribution >= 0.6 is 23.2 Å². The van der Waals surface area contributed by atoms with Crippen LogP contribution in [0.4, 0.5) is 5.69 Å². The van der Waals surface area contributed by atoms with Crippen LogP contribution in [0.2, 0.25) is 5.02 Å². The summed E-state index contributed by atoms with van der Waals surface area (Å²) in [5, 5.41) is 11.9. The molecule has 21 heavy (non-hydrogen) atoms. The first kappa shape index (κ1) is 15.6. The summed E-state index contributed by atoms with van der Waals surface area (Å²) in [6.07, 6.45) is 1.59. The number of anilines is 1. The van der Waals surface area contributed by atoms with E-state index in [2.05, 4.69) is 10.3 Å². The molecule has 2 N–H and O–H groups in total. The highest BCUT2D eigenvalue weighted by Gasteiger charge is 2.14. The Morgan fingerprint density at radius 2 is 2.10 bits per heavy atom. The van der Waals surface area contributed by atoms with Crippen LogP contribution in [0.3, 0.4) is 0 Å². The fraction of sp³-hybridized carbons (Fsp3) is 0.200. The first-order chi connectivity index (χ1) is 10.2. The monoisotopic (exact) mass is 323 g/mol. The average Bonchev–Trinajstić information content (AvgIpc) is 2.53. The number of alkyl halides is 1. The van der Waals surface area contributed by atoms with Gasteiger partial charge in [-0.2, -0.15) is 0 Å². The van der Waals surface area contributed by atoms with Gasteiger partial charge >= 0.3 is 0 Å². The molecule has 0 saturated carbocycles. The first-order valence-electron chi connectivity index (χ1n) is 6.31. The van der Waals surface area contributed by atoms with E-state index in [0.717, 1.165) is 5.56 Å². The van der Waals surface area contributed by atoms with Gasteiger partial charge in [-0.1, -0.05) is 29.8 Å². The Morgan fingerprint density at radius 3 is 2.76 bits per heavy atom. The fourth-order valence-corrected chi connectivity index (χ4v) is 2.26. The van der Waals surface area contributed by atoms with E-state index in [4.69, 9.17) is 33.3 Å². The van der Waals surface area contributed by atoms with Crippen LogP contribution in [0.1, 0.15) is 11.1 Å². The number of benzene rings is 1. The number of hydrogen-bond acceptors (Lipinski definition) is 4. The summed E-state index contributed by atoms with van der Waals surface area (Å²) in [5.74, 6) is 0.544. The van der Waals surface area contributed by atoms with E-state index in [1.807, 2.05) is 24.3 Å². The molecule has 0 unspecified atom stereocenters. The first-order valence-corrected chi connectivity index (χ1v) is 7.22. The Kier molecular flexibility index (Phi) is 5.42. The maximum atomic E-state index is 7.94. The SMILES string of the molecule is COc1nccc(C(=N)CCl)c1NCc1ccccc1Cl. The third-order valence-electron chi connectivity index (χ3n) is 2.98. The summed E-state index contributed by atoms with van der Waals surface area (Å²) < 4.78 is 5.25. The second kappa shape index (κ2) is 7.29. The van der Waals surface area contributed by atoms with Crippen LogP contribution in [0.25, 0.3) is 0 Å². The Hall–Kier alpha value is -1.78. The van der Waals surface area contributed by atoms with Crippen LogP contribution in [-0.4, -0.2) is 23.7 Å². The molecule has 0 aliphatic rings. The fourth-order valence-electron chi connectivity index (χ4n) is 1.92. The van der Waals surface area contributed by atoms with Crippen LogP contribution in [0.5, 0.6) is 5.88 Å². The summed E-state index contributed by atoms with van der Waals surface area (Å²) in [7, 11) is 1.54. The molecule has 110 valence electrons. The molecule has 4 nitrogen and oxygen atoms in total. The Bertz CT molecular complexity index is 647. The van der Waals surface area contributed by atoms with Crippen molar-refractivity contribution in [2.75, 3.05) is 18.3 Å². The lowest BCUT2D eigenvalue weighted by Gasteiger charge is -2.15. The zero-order chi connectivity index (χ0) is 15.2. The second-order valence-corrected chi connectivity index (χ2v) is 4.97. The van der Waals surface area contributed by atoms with Crippen molar-refractivity contribution in [3.8, 4) is 5.88 Å². The zero-order valence-corrected chi connectivity index (χ0v) is 13.0. The maximum Gasteiger partial charge on any atom is 0.237 e. The molecule has 0 radical (unpaired) electrons. The largest absolute Gasteiger partial charge is 0.480 e. The topological polar surface area (TPSA) is 58.0 Å². The lowest BCUT2D eigenvalue weighted by molar-refractivity contribution is 0.399. The second-order valence-electron chi connectivity index (χ2n) is 4.30. The van der Waals surface area contributed by atoms with Crippen molar-refractivity contribution in [3.05, 3.63) is 52.7 Å². The Balaban J connectivity index is 2.30. The summed E-state index contributed by atoms with van der Waals surface area (Å²) >= 11 is 11.9. The highest BCUT2D eigenvalue weighted by molar-refractivity contribution is 6.32. The highest BCUT2D eigenvalue weighted by Crippen LogP contribution is 2.28. The van der Waals surface area contributed by atoms with Gasteiger partial charge in [-0.05, 0) is 17.7 Å². The molecule has 1 aromatic heterocycles. The molecule has 0 saturated heterocycles. The van der Waals surface area contributed by atoms with E-state index in [9.17, 15) is 0 Å². The Morgan fingerprint density at radius 1 is 1.33 bits per heavy atom. The molecule has 6 heteroatoms. The van der Waals surface area contributed by atoms with E-state index in [0.29, 0.717) is 34.4 Å². The minimum absolute atomic E-state index is 0.119. The summed E-state index contributed by atoms with van der Waals surface area (Å²) in [5.41, 5.74) is 2.57. The van der Waals surface area contributed by atoms with Crippen LogP contribution in [-0.2, 0) is 6.54 Å². The smallest absolute Gasteiger partial charge is 0.237 e. The molecule has 0 bridgehead atoms. The van der Waals surface area contributed by atoms with Crippen molar-refractivity contribution in [2.45, 2.75) is 6.54 Å². The van der Waals surface area contributed by atoms with Gasteiger partial charge in [0, 0.05) is 23.3 Å². The van der Waals surface area contributed by atoms with Gasteiger partial charge in [0.05, 0.1) is 18.7 Å². The van der Waals surface area contributed by atoms with Crippen molar-refractivity contribution in [1.29, 1.82) is 5.41 Å². The standard InChI is InChI=1S/C15H15Cl2N3O/c1-21-15-14(11(6-7-19-15)13(18)8-16)20-9-10-4-2-3-5-12(10)17/h2-7,18,20H,8-9H2,1H3. The van der Waals surface area contributed by atoms with Crippen molar-refractivity contribution in [1.82, 2.24) is 4.98 Å². The van der Waals surface area contributed by atoms with E-state index >= 15 is 0 Å². The normalized spacial score (nSPS) is 10.2.